The summed E-state index contributed by atoms with van der Waals surface area (Å²) in [5, 5.41) is 11.4. The van der Waals surface area contributed by atoms with Crippen LogP contribution < -0.4 is 5.32 Å². The average Bonchev–Trinajstić information content (AvgIpc) is 3.30. The van der Waals surface area contributed by atoms with E-state index in [1.807, 2.05) is 24.6 Å². The van der Waals surface area contributed by atoms with E-state index in [0.717, 1.165) is 24.4 Å². The van der Waals surface area contributed by atoms with Crippen molar-refractivity contribution in [1.82, 2.24) is 34.7 Å². The Hall–Kier alpha value is -3.62. The predicted octanol–water partition coefficient (Wildman–Crippen LogP) is 2.56. The number of hydrogen-bond acceptors (Lipinski definition) is 5. The summed E-state index contributed by atoms with van der Waals surface area (Å²) >= 11 is 0. The molecule has 148 valence electrons. The fourth-order valence-electron chi connectivity index (χ4n) is 3.17. The van der Waals surface area contributed by atoms with Crippen molar-refractivity contribution in [2.75, 3.05) is 6.54 Å². The monoisotopic (exact) mass is 393 g/mol. The molecule has 3 heterocycles. The molecule has 0 saturated heterocycles. The predicted molar refractivity (Wildman–Crippen MR) is 105 cm³/mol. The first-order chi connectivity index (χ1) is 14.0. The van der Waals surface area contributed by atoms with Crippen LogP contribution in [0.15, 0.2) is 42.7 Å². The SMILES string of the molecule is Cc1cc(C)n(CCCNC(=O)c2cc(-c3ccc(F)cc3)nc3ncnn23)n1. The number of amides is 1. The first-order valence-corrected chi connectivity index (χ1v) is 9.27. The lowest BCUT2D eigenvalue weighted by Crippen LogP contribution is -2.28. The van der Waals surface area contributed by atoms with Crippen molar-refractivity contribution >= 4 is 11.7 Å². The quantitative estimate of drug-likeness (QED) is 0.509. The molecule has 0 unspecified atom stereocenters. The van der Waals surface area contributed by atoms with Crippen molar-refractivity contribution in [3.05, 3.63) is 65.6 Å². The summed E-state index contributed by atoms with van der Waals surface area (Å²) in [6, 6.07) is 9.58. The van der Waals surface area contributed by atoms with Gasteiger partial charge in [-0.05, 0) is 56.7 Å². The Balaban J connectivity index is 1.50. The Kier molecular flexibility index (Phi) is 5.03. The largest absolute Gasteiger partial charge is 0.351 e. The maximum atomic E-state index is 13.2. The summed E-state index contributed by atoms with van der Waals surface area (Å²) in [5.41, 5.74) is 3.60. The first kappa shape index (κ1) is 18.7. The highest BCUT2D eigenvalue weighted by molar-refractivity contribution is 5.94. The van der Waals surface area contributed by atoms with Crippen molar-refractivity contribution in [3.63, 3.8) is 0 Å². The Morgan fingerprint density at radius 3 is 2.69 bits per heavy atom. The Labute approximate surface area is 166 Å². The van der Waals surface area contributed by atoms with Crippen LogP contribution in [-0.2, 0) is 6.54 Å². The normalized spacial score (nSPS) is 11.1. The molecular weight excluding hydrogens is 373 g/mol. The lowest BCUT2D eigenvalue weighted by atomic mass is 10.1. The molecule has 4 rings (SSSR count). The number of aryl methyl sites for hydroxylation is 3. The zero-order chi connectivity index (χ0) is 20.4. The van der Waals surface area contributed by atoms with Gasteiger partial charge >= 0.3 is 0 Å². The lowest BCUT2D eigenvalue weighted by molar-refractivity contribution is 0.0945. The molecule has 0 saturated carbocycles. The third-order valence-electron chi connectivity index (χ3n) is 4.56. The van der Waals surface area contributed by atoms with Gasteiger partial charge in [-0.2, -0.15) is 19.7 Å². The molecule has 0 atom stereocenters. The number of halogens is 1. The number of rotatable bonds is 6. The highest BCUT2D eigenvalue weighted by Gasteiger charge is 2.15. The van der Waals surface area contributed by atoms with E-state index in [1.54, 1.807) is 18.2 Å². The third-order valence-corrected chi connectivity index (χ3v) is 4.56. The third kappa shape index (κ3) is 3.98. The van der Waals surface area contributed by atoms with Gasteiger partial charge in [-0.15, -0.1) is 0 Å². The molecule has 0 aliphatic carbocycles. The molecule has 3 aromatic heterocycles. The number of nitrogens with one attached hydrogen (secondary N) is 1. The molecule has 9 heteroatoms. The highest BCUT2D eigenvalue weighted by Crippen LogP contribution is 2.19. The Bertz CT molecular complexity index is 1160. The van der Waals surface area contributed by atoms with E-state index >= 15 is 0 Å². The van der Waals surface area contributed by atoms with Crippen LogP contribution in [0.1, 0.15) is 28.3 Å². The molecule has 1 N–H and O–H groups in total. The van der Waals surface area contributed by atoms with Crippen LogP contribution in [0, 0.1) is 19.7 Å². The van der Waals surface area contributed by atoms with Crippen molar-refractivity contribution in [2.45, 2.75) is 26.8 Å². The molecule has 0 aliphatic heterocycles. The second-order valence-corrected chi connectivity index (χ2v) is 6.77. The number of carbonyl (C=O) groups is 1. The number of benzene rings is 1. The molecule has 0 bridgehead atoms. The Morgan fingerprint density at radius 1 is 1.17 bits per heavy atom. The lowest BCUT2D eigenvalue weighted by Gasteiger charge is -2.09. The number of nitrogens with zero attached hydrogens (tertiary/aromatic N) is 6. The second kappa shape index (κ2) is 7.78. The highest BCUT2D eigenvalue weighted by atomic mass is 19.1. The number of carbonyl (C=O) groups excluding carboxylic acids is 1. The topological polar surface area (TPSA) is 90.0 Å². The van der Waals surface area contributed by atoms with Gasteiger partial charge in [0.1, 0.15) is 17.8 Å². The van der Waals surface area contributed by atoms with Gasteiger partial charge < -0.3 is 5.32 Å². The molecule has 1 aromatic carbocycles. The molecule has 29 heavy (non-hydrogen) atoms. The molecule has 4 aromatic rings. The van der Waals surface area contributed by atoms with Crippen LogP contribution in [0.3, 0.4) is 0 Å². The summed E-state index contributed by atoms with van der Waals surface area (Å²) in [5.74, 6) is -0.308. The smallest absolute Gasteiger partial charge is 0.270 e. The standard InChI is InChI=1S/C20H20FN7O/c1-13-10-14(2)27(26-13)9-3-8-22-19(29)18-11-17(15-4-6-16(21)7-5-15)25-20-23-12-24-28(18)20/h4-7,10-12H,3,8-9H2,1-2H3,(H,22,29). The first-order valence-electron chi connectivity index (χ1n) is 9.27. The van der Waals surface area contributed by atoms with E-state index in [0.29, 0.717) is 29.3 Å². The summed E-state index contributed by atoms with van der Waals surface area (Å²) in [6.07, 6.45) is 2.08. The van der Waals surface area contributed by atoms with Crippen molar-refractivity contribution in [1.29, 1.82) is 0 Å². The van der Waals surface area contributed by atoms with E-state index in [-0.39, 0.29) is 11.7 Å². The van der Waals surface area contributed by atoms with Gasteiger partial charge in [0, 0.05) is 24.3 Å². The van der Waals surface area contributed by atoms with Crippen molar-refractivity contribution < 1.29 is 9.18 Å². The Morgan fingerprint density at radius 2 is 1.97 bits per heavy atom. The summed E-state index contributed by atoms with van der Waals surface area (Å²) in [4.78, 5) is 21.3. The summed E-state index contributed by atoms with van der Waals surface area (Å²) in [7, 11) is 0. The molecule has 0 spiro atoms. The minimum atomic E-state index is -0.335. The second-order valence-electron chi connectivity index (χ2n) is 6.77. The van der Waals surface area contributed by atoms with Crippen molar-refractivity contribution in [2.24, 2.45) is 0 Å². The van der Waals surface area contributed by atoms with Crippen LogP contribution in [0.2, 0.25) is 0 Å². The van der Waals surface area contributed by atoms with Gasteiger partial charge in [0.15, 0.2) is 0 Å². The molecular formula is C20H20FN7O. The van der Waals surface area contributed by atoms with E-state index in [2.05, 4.69) is 25.5 Å². The van der Waals surface area contributed by atoms with Crippen LogP contribution >= 0.6 is 0 Å². The van der Waals surface area contributed by atoms with Gasteiger partial charge in [0.05, 0.1) is 11.4 Å². The van der Waals surface area contributed by atoms with Crippen molar-refractivity contribution in [3.8, 4) is 11.3 Å². The van der Waals surface area contributed by atoms with Crippen LogP contribution in [0.25, 0.3) is 17.0 Å². The summed E-state index contributed by atoms with van der Waals surface area (Å²) in [6.45, 7) is 5.17. The van der Waals surface area contributed by atoms with Gasteiger partial charge in [-0.3, -0.25) is 9.48 Å². The van der Waals surface area contributed by atoms with E-state index in [1.165, 1.54) is 23.0 Å². The summed E-state index contributed by atoms with van der Waals surface area (Å²) < 4.78 is 16.5. The maximum Gasteiger partial charge on any atom is 0.270 e. The van der Waals surface area contributed by atoms with Gasteiger partial charge in [-0.1, -0.05) is 0 Å². The van der Waals surface area contributed by atoms with Crippen LogP contribution in [0.4, 0.5) is 4.39 Å². The minimum Gasteiger partial charge on any atom is -0.351 e. The maximum absolute atomic E-state index is 13.2. The van der Waals surface area contributed by atoms with E-state index < -0.39 is 0 Å². The average molecular weight is 393 g/mol. The molecule has 8 nitrogen and oxygen atoms in total. The zero-order valence-corrected chi connectivity index (χ0v) is 16.1. The molecule has 0 radical (unpaired) electrons. The number of aromatic nitrogens is 6. The molecule has 0 fully saturated rings. The fraction of sp³-hybridized carbons (Fsp3) is 0.250. The number of fused-ring (bicyclic) bond motifs is 1. The van der Waals surface area contributed by atoms with Gasteiger partial charge in [0.25, 0.3) is 11.7 Å². The molecule has 0 aliphatic rings. The van der Waals surface area contributed by atoms with Crippen LogP contribution in [-0.4, -0.2) is 41.8 Å². The van der Waals surface area contributed by atoms with E-state index in [9.17, 15) is 9.18 Å². The molecule has 1 amide bonds. The van der Waals surface area contributed by atoms with E-state index in [4.69, 9.17) is 0 Å². The number of hydrogen-bond donors (Lipinski definition) is 1. The van der Waals surface area contributed by atoms with Gasteiger partial charge in [-0.25, -0.2) is 9.37 Å². The fourth-order valence-corrected chi connectivity index (χ4v) is 3.17. The van der Waals surface area contributed by atoms with Crippen LogP contribution in [0.5, 0.6) is 0 Å². The van der Waals surface area contributed by atoms with Gasteiger partial charge in [0.2, 0.25) is 0 Å². The zero-order valence-electron chi connectivity index (χ0n) is 16.1. The minimum absolute atomic E-state index is 0.278.